The molecule has 28 heavy (non-hydrogen) atoms. The Morgan fingerprint density at radius 3 is 2.43 bits per heavy atom. The van der Waals surface area contributed by atoms with Crippen molar-refractivity contribution in [2.45, 2.75) is 77.4 Å². The summed E-state index contributed by atoms with van der Waals surface area (Å²) >= 11 is 0. The Bertz CT molecular complexity index is 662. The summed E-state index contributed by atoms with van der Waals surface area (Å²) in [5.74, 6) is 0.549. The number of benzene rings is 1. The molecule has 2 amide bonds. The maximum atomic E-state index is 12.6. The van der Waals surface area contributed by atoms with Gasteiger partial charge in [-0.15, -0.1) is 0 Å². The summed E-state index contributed by atoms with van der Waals surface area (Å²) in [4.78, 5) is 27.3. The highest BCUT2D eigenvalue weighted by Crippen LogP contribution is 2.24. The van der Waals surface area contributed by atoms with Gasteiger partial charge in [0, 0.05) is 31.6 Å². The van der Waals surface area contributed by atoms with Gasteiger partial charge < -0.3 is 10.6 Å². The fourth-order valence-electron chi connectivity index (χ4n) is 4.42. The van der Waals surface area contributed by atoms with Crippen LogP contribution in [0.15, 0.2) is 24.3 Å². The number of likely N-dealkylation sites (tertiary alicyclic amines) is 1. The molecule has 1 aliphatic heterocycles. The van der Waals surface area contributed by atoms with E-state index in [1.807, 2.05) is 19.1 Å². The summed E-state index contributed by atoms with van der Waals surface area (Å²) in [6, 6.07) is 8.26. The third-order valence-electron chi connectivity index (χ3n) is 6.49. The van der Waals surface area contributed by atoms with Crippen LogP contribution >= 0.6 is 0 Å². The molecule has 1 aromatic rings. The molecule has 1 saturated carbocycles. The number of aryl methyl sites for hydroxylation is 1. The molecule has 1 aliphatic carbocycles. The number of piperidine rings is 1. The highest BCUT2D eigenvalue weighted by molar-refractivity contribution is 5.81. The first-order chi connectivity index (χ1) is 13.5. The quantitative estimate of drug-likeness (QED) is 0.791. The van der Waals surface area contributed by atoms with Gasteiger partial charge in [-0.25, -0.2) is 0 Å². The van der Waals surface area contributed by atoms with Gasteiger partial charge >= 0.3 is 0 Å². The second-order valence-electron chi connectivity index (χ2n) is 8.47. The molecule has 0 radical (unpaired) electrons. The first kappa shape index (κ1) is 20.8. The average molecular weight is 386 g/mol. The molecule has 0 spiro atoms. The minimum Gasteiger partial charge on any atom is -0.353 e. The lowest BCUT2D eigenvalue weighted by atomic mass is 9.88. The van der Waals surface area contributed by atoms with Crippen LogP contribution in [0.2, 0.25) is 0 Å². The molecule has 0 bridgehead atoms. The predicted octanol–water partition coefficient (Wildman–Crippen LogP) is 3.16. The van der Waals surface area contributed by atoms with Crippen molar-refractivity contribution in [1.29, 1.82) is 0 Å². The Morgan fingerprint density at radius 1 is 1.07 bits per heavy atom. The summed E-state index contributed by atoms with van der Waals surface area (Å²) in [6.45, 7) is 6.33. The number of carbonyl (C=O) groups is 2. The van der Waals surface area contributed by atoms with Gasteiger partial charge in [0.1, 0.15) is 0 Å². The summed E-state index contributed by atoms with van der Waals surface area (Å²) in [7, 11) is 0. The van der Waals surface area contributed by atoms with Crippen molar-refractivity contribution in [2.75, 3.05) is 13.1 Å². The van der Waals surface area contributed by atoms with Crippen molar-refractivity contribution in [3.63, 3.8) is 0 Å². The normalized spacial score (nSPS) is 20.5. The Balaban J connectivity index is 1.40. The number of amides is 2. The average Bonchev–Trinajstić information content (AvgIpc) is 2.73. The summed E-state index contributed by atoms with van der Waals surface area (Å²) in [5.41, 5.74) is 2.36. The molecule has 1 unspecified atom stereocenters. The molecule has 5 nitrogen and oxygen atoms in total. The molecular formula is C23H35N3O2. The highest BCUT2D eigenvalue weighted by Gasteiger charge is 2.29. The summed E-state index contributed by atoms with van der Waals surface area (Å²) in [6.07, 6.45) is 7.58. The second-order valence-corrected chi connectivity index (χ2v) is 8.47. The van der Waals surface area contributed by atoms with Crippen molar-refractivity contribution in [2.24, 2.45) is 5.92 Å². The standard InChI is InChI=1S/C23H35N3O2/c1-17-8-6-7-11-20(17)16-24-22(27)18(2)26-14-12-21(13-15-26)25-23(28)19-9-4-3-5-10-19/h6-8,11,18-19,21H,3-5,9-10,12-16H2,1-2H3,(H,24,27)(H,25,28). The van der Waals surface area contributed by atoms with Crippen molar-refractivity contribution in [3.05, 3.63) is 35.4 Å². The smallest absolute Gasteiger partial charge is 0.237 e. The molecule has 5 heteroatoms. The van der Waals surface area contributed by atoms with E-state index in [0.717, 1.165) is 44.3 Å². The monoisotopic (exact) mass is 385 g/mol. The van der Waals surface area contributed by atoms with Crippen LogP contribution in [0.4, 0.5) is 0 Å². The third kappa shape index (κ3) is 5.57. The van der Waals surface area contributed by atoms with Crippen LogP contribution < -0.4 is 10.6 Å². The molecule has 1 atom stereocenters. The van der Waals surface area contributed by atoms with Gasteiger partial charge in [-0.3, -0.25) is 14.5 Å². The Morgan fingerprint density at radius 2 is 1.75 bits per heavy atom. The van der Waals surface area contributed by atoms with E-state index in [1.54, 1.807) is 0 Å². The molecule has 0 aromatic heterocycles. The van der Waals surface area contributed by atoms with Gasteiger partial charge in [-0.05, 0) is 50.7 Å². The first-order valence-electron chi connectivity index (χ1n) is 10.9. The largest absolute Gasteiger partial charge is 0.353 e. The van der Waals surface area contributed by atoms with Crippen molar-refractivity contribution in [3.8, 4) is 0 Å². The van der Waals surface area contributed by atoms with E-state index < -0.39 is 0 Å². The highest BCUT2D eigenvalue weighted by atomic mass is 16.2. The van der Waals surface area contributed by atoms with Crippen LogP contribution in [0.1, 0.15) is 63.0 Å². The fraction of sp³-hybridized carbons (Fsp3) is 0.652. The van der Waals surface area contributed by atoms with Gasteiger partial charge in [0.25, 0.3) is 0 Å². The molecule has 2 fully saturated rings. The fourth-order valence-corrected chi connectivity index (χ4v) is 4.42. The minimum absolute atomic E-state index is 0.0768. The number of rotatable bonds is 6. The topological polar surface area (TPSA) is 61.4 Å². The zero-order valence-corrected chi connectivity index (χ0v) is 17.4. The Hall–Kier alpha value is -1.88. The zero-order chi connectivity index (χ0) is 19.9. The minimum atomic E-state index is -0.140. The van der Waals surface area contributed by atoms with E-state index in [2.05, 4.69) is 34.6 Å². The number of nitrogens with one attached hydrogen (secondary N) is 2. The van der Waals surface area contributed by atoms with Crippen LogP contribution in [0.3, 0.4) is 0 Å². The van der Waals surface area contributed by atoms with E-state index in [1.165, 1.54) is 24.8 Å². The molecule has 154 valence electrons. The first-order valence-corrected chi connectivity index (χ1v) is 10.9. The van der Waals surface area contributed by atoms with Crippen molar-refractivity contribution in [1.82, 2.24) is 15.5 Å². The Kier molecular flexibility index (Phi) is 7.49. The van der Waals surface area contributed by atoms with Crippen molar-refractivity contribution >= 4 is 11.8 Å². The van der Waals surface area contributed by atoms with Gasteiger partial charge in [-0.2, -0.15) is 0 Å². The van der Waals surface area contributed by atoms with Gasteiger partial charge in [0.2, 0.25) is 11.8 Å². The van der Waals surface area contributed by atoms with E-state index in [0.29, 0.717) is 6.54 Å². The zero-order valence-electron chi connectivity index (χ0n) is 17.4. The molecule has 2 aliphatic rings. The van der Waals surface area contributed by atoms with Gasteiger partial charge in [0.15, 0.2) is 0 Å². The van der Waals surface area contributed by atoms with Crippen LogP contribution in [0.25, 0.3) is 0 Å². The Labute approximate surface area is 169 Å². The van der Waals surface area contributed by atoms with E-state index in [4.69, 9.17) is 0 Å². The summed E-state index contributed by atoms with van der Waals surface area (Å²) in [5, 5.41) is 6.34. The predicted molar refractivity (Wildman–Crippen MR) is 112 cm³/mol. The van der Waals surface area contributed by atoms with Gasteiger partial charge in [0.05, 0.1) is 6.04 Å². The number of carbonyl (C=O) groups excluding carboxylic acids is 2. The SMILES string of the molecule is Cc1ccccc1CNC(=O)C(C)N1CCC(NC(=O)C2CCCCC2)CC1. The maximum absolute atomic E-state index is 12.6. The molecular weight excluding hydrogens is 350 g/mol. The van der Waals surface area contributed by atoms with E-state index >= 15 is 0 Å². The summed E-state index contributed by atoms with van der Waals surface area (Å²) < 4.78 is 0. The maximum Gasteiger partial charge on any atom is 0.237 e. The number of hydrogen-bond donors (Lipinski definition) is 2. The number of nitrogens with zero attached hydrogens (tertiary/aromatic N) is 1. The molecule has 2 N–H and O–H groups in total. The van der Waals surface area contributed by atoms with E-state index in [9.17, 15) is 9.59 Å². The lowest BCUT2D eigenvalue weighted by Gasteiger charge is -2.36. The molecule has 1 heterocycles. The van der Waals surface area contributed by atoms with E-state index in [-0.39, 0.29) is 29.8 Å². The molecule has 1 aromatic carbocycles. The van der Waals surface area contributed by atoms with Crippen LogP contribution in [0.5, 0.6) is 0 Å². The molecule has 1 saturated heterocycles. The lowest BCUT2D eigenvalue weighted by Crippen LogP contribution is -2.52. The van der Waals surface area contributed by atoms with Gasteiger partial charge in [-0.1, -0.05) is 43.5 Å². The molecule has 3 rings (SSSR count). The second kappa shape index (κ2) is 10.1. The van der Waals surface area contributed by atoms with Crippen molar-refractivity contribution < 1.29 is 9.59 Å². The van der Waals surface area contributed by atoms with Crippen LogP contribution in [-0.4, -0.2) is 41.9 Å². The van der Waals surface area contributed by atoms with Crippen LogP contribution in [0, 0.1) is 12.8 Å². The third-order valence-corrected chi connectivity index (χ3v) is 6.49. The number of hydrogen-bond acceptors (Lipinski definition) is 3. The lowest BCUT2D eigenvalue weighted by molar-refractivity contribution is -0.129. The van der Waals surface area contributed by atoms with Crippen LogP contribution in [-0.2, 0) is 16.1 Å².